The van der Waals surface area contributed by atoms with E-state index < -0.39 is 50.5 Å². The summed E-state index contributed by atoms with van der Waals surface area (Å²) in [6.07, 6.45) is -5.38. The third-order valence-corrected chi connectivity index (χ3v) is 5.10. The minimum absolute atomic E-state index is 0.223. The normalized spacial score (nSPS) is 23.5. The van der Waals surface area contributed by atoms with Gasteiger partial charge in [-0.1, -0.05) is 11.6 Å². The summed E-state index contributed by atoms with van der Waals surface area (Å²) in [6, 6.07) is 2.31. The quantitative estimate of drug-likeness (QED) is 0.855. The summed E-state index contributed by atoms with van der Waals surface area (Å²) in [5.74, 6) is -0.798. The predicted molar refractivity (Wildman–Crippen MR) is 66.0 cm³/mol. The second kappa shape index (κ2) is 5.38. The molecule has 1 aromatic rings. The Labute approximate surface area is 123 Å². The van der Waals surface area contributed by atoms with Crippen LogP contribution in [0, 0.1) is 5.82 Å². The Morgan fingerprint density at radius 2 is 2.00 bits per heavy atom. The first kappa shape index (κ1) is 16.5. The van der Waals surface area contributed by atoms with Crippen LogP contribution < -0.4 is 4.72 Å². The molecular weight excluding hydrogens is 338 g/mol. The van der Waals surface area contributed by atoms with Crippen LogP contribution >= 0.6 is 11.6 Å². The summed E-state index contributed by atoms with van der Waals surface area (Å²) in [5, 5.41) is -0.501. The lowest BCUT2D eigenvalue weighted by atomic mass is 10.0. The zero-order chi connectivity index (χ0) is 15.9. The summed E-state index contributed by atoms with van der Waals surface area (Å²) in [5.41, 5.74) is -2.70. The van der Waals surface area contributed by atoms with Gasteiger partial charge in [0.25, 0.3) is 0 Å². The molecule has 1 atom stereocenters. The Kier molecular flexibility index (Phi) is 4.22. The third-order valence-electron chi connectivity index (χ3n) is 3.08. The SMILES string of the molecule is O=S(=O)(N[C@]1(C(F)(F)F)CCOC1)c1ccc(F)cc1Cl. The lowest BCUT2D eigenvalue weighted by Crippen LogP contribution is -2.59. The van der Waals surface area contributed by atoms with E-state index in [-0.39, 0.29) is 6.61 Å². The molecule has 1 aromatic carbocycles. The molecule has 1 fully saturated rings. The Morgan fingerprint density at radius 1 is 1.33 bits per heavy atom. The van der Waals surface area contributed by atoms with E-state index in [0.717, 1.165) is 12.1 Å². The van der Waals surface area contributed by atoms with Gasteiger partial charge in [0.1, 0.15) is 10.7 Å². The van der Waals surface area contributed by atoms with Crippen LogP contribution in [0.25, 0.3) is 0 Å². The van der Waals surface area contributed by atoms with Crippen LogP contribution in [0.3, 0.4) is 0 Å². The van der Waals surface area contributed by atoms with E-state index in [1.165, 1.54) is 0 Å². The number of nitrogens with one attached hydrogen (secondary N) is 1. The first-order chi connectivity index (χ1) is 9.57. The van der Waals surface area contributed by atoms with Crippen LogP contribution in [0.5, 0.6) is 0 Å². The molecule has 0 spiro atoms. The van der Waals surface area contributed by atoms with E-state index >= 15 is 0 Å². The van der Waals surface area contributed by atoms with Crippen molar-refractivity contribution < 1.29 is 30.7 Å². The van der Waals surface area contributed by atoms with E-state index in [9.17, 15) is 26.0 Å². The van der Waals surface area contributed by atoms with Crippen molar-refractivity contribution in [2.75, 3.05) is 13.2 Å². The van der Waals surface area contributed by atoms with Crippen LogP contribution in [-0.2, 0) is 14.8 Å². The number of halogens is 5. The van der Waals surface area contributed by atoms with E-state index in [1.807, 2.05) is 0 Å². The van der Waals surface area contributed by atoms with Gasteiger partial charge in [-0.3, -0.25) is 0 Å². The molecule has 1 aliphatic rings. The zero-order valence-electron chi connectivity index (χ0n) is 10.4. The van der Waals surface area contributed by atoms with Gasteiger partial charge >= 0.3 is 6.18 Å². The second-order valence-electron chi connectivity index (χ2n) is 4.56. The molecule has 0 bridgehead atoms. The molecule has 1 saturated heterocycles. The molecule has 0 aromatic heterocycles. The maximum Gasteiger partial charge on any atom is 0.409 e. The fraction of sp³-hybridized carbons (Fsp3) is 0.455. The molecule has 4 nitrogen and oxygen atoms in total. The average Bonchev–Trinajstić information content (AvgIpc) is 2.76. The first-order valence-electron chi connectivity index (χ1n) is 5.71. The molecule has 0 amide bonds. The smallest absolute Gasteiger partial charge is 0.379 e. The van der Waals surface area contributed by atoms with Crippen molar-refractivity contribution >= 4 is 21.6 Å². The molecule has 0 radical (unpaired) electrons. The Hall–Kier alpha value is -0.900. The van der Waals surface area contributed by atoms with Crippen molar-refractivity contribution in [3.63, 3.8) is 0 Å². The van der Waals surface area contributed by atoms with E-state index in [1.54, 1.807) is 4.72 Å². The highest BCUT2D eigenvalue weighted by atomic mass is 35.5. The van der Waals surface area contributed by atoms with Gasteiger partial charge in [0.2, 0.25) is 10.0 Å². The summed E-state index contributed by atoms with van der Waals surface area (Å²) in [6.45, 7) is -1.05. The highest BCUT2D eigenvalue weighted by Gasteiger charge is 2.59. The van der Waals surface area contributed by atoms with Gasteiger partial charge in [0.15, 0.2) is 5.54 Å². The molecule has 1 N–H and O–H groups in total. The van der Waals surface area contributed by atoms with Crippen LogP contribution in [0.15, 0.2) is 23.1 Å². The van der Waals surface area contributed by atoms with Crippen LogP contribution in [0.4, 0.5) is 17.6 Å². The Bertz CT molecular complexity index is 641. The van der Waals surface area contributed by atoms with Gasteiger partial charge in [-0.25, -0.2) is 12.8 Å². The third kappa shape index (κ3) is 3.15. The van der Waals surface area contributed by atoms with Gasteiger partial charge in [-0.2, -0.15) is 17.9 Å². The van der Waals surface area contributed by atoms with Crippen molar-refractivity contribution in [3.05, 3.63) is 29.0 Å². The second-order valence-corrected chi connectivity index (χ2v) is 6.62. The van der Waals surface area contributed by atoms with E-state index in [4.69, 9.17) is 11.6 Å². The van der Waals surface area contributed by atoms with Gasteiger partial charge in [0.05, 0.1) is 11.6 Å². The van der Waals surface area contributed by atoms with E-state index in [2.05, 4.69) is 4.74 Å². The summed E-state index contributed by atoms with van der Waals surface area (Å²) < 4.78 is 82.8. The molecular formula is C11H10ClF4NO3S. The lowest BCUT2D eigenvalue weighted by molar-refractivity contribution is -0.189. The van der Waals surface area contributed by atoms with Crippen molar-refractivity contribution in [3.8, 4) is 0 Å². The Morgan fingerprint density at radius 3 is 2.48 bits per heavy atom. The number of rotatable bonds is 3. The number of benzene rings is 1. The minimum Gasteiger partial charge on any atom is -0.379 e. The van der Waals surface area contributed by atoms with Crippen LogP contribution in [0.1, 0.15) is 6.42 Å². The highest BCUT2D eigenvalue weighted by Crippen LogP contribution is 2.38. The standard InChI is InChI=1S/C11H10ClF4NO3S/c12-8-5-7(13)1-2-9(8)21(18,19)17-10(11(14,15)16)3-4-20-6-10/h1-2,5,17H,3-4,6H2/t10-/m1/s1. The maximum absolute atomic E-state index is 13.1. The molecule has 118 valence electrons. The number of sulfonamides is 1. The van der Waals surface area contributed by atoms with E-state index in [0.29, 0.717) is 6.07 Å². The monoisotopic (exact) mass is 347 g/mol. The number of ether oxygens (including phenoxy) is 1. The topological polar surface area (TPSA) is 55.4 Å². The largest absolute Gasteiger partial charge is 0.409 e. The van der Waals surface area contributed by atoms with Crippen molar-refractivity contribution in [2.24, 2.45) is 0 Å². The number of hydrogen-bond donors (Lipinski definition) is 1. The molecule has 10 heteroatoms. The maximum atomic E-state index is 13.1. The minimum atomic E-state index is -4.83. The summed E-state index contributed by atoms with van der Waals surface area (Å²) in [7, 11) is -4.58. The predicted octanol–water partition coefficient (Wildman–Crippen LogP) is 2.48. The van der Waals surface area contributed by atoms with Gasteiger partial charge < -0.3 is 4.74 Å². The number of hydrogen-bond acceptors (Lipinski definition) is 3. The van der Waals surface area contributed by atoms with Crippen molar-refractivity contribution in [1.82, 2.24) is 4.72 Å². The molecule has 0 saturated carbocycles. The molecule has 2 rings (SSSR count). The summed E-state index contributed by atoms with van der Waals surface area (Å²) >= 11 is 5.59. The fourth-order valence-electron chi connectivity index (χ4n) is 1.93. The Balaban J connectivity index is 2.40. The lowest BCUT2D eigenvalue weighted by Gasteiger charge is -2.30. The molecule has 0 unspecified atom stereocenters. The molecule has 0 aliphatic carbocycles. The van der Waals surface area contributed by atoms with Gasteiger partial charge in [-0.05, 0) is 18.2 Å². The average molecular weight is 348 g/mol. The summed E-state index contributed by atoms with van der Waals surface area (Å²) in [4.78, 5) is -0.624. The van der Waals surface area contributed by atoms with Crippen molar-refractivity contribution in [2.45, 2.75) is 23.0 Å². The number of alkyl halides is 3. The fourth-order valence-corrected chi connectivity index (χ4v) is 3.87. The van der Waals surface area contributed by atoms with Crippen molar-refractivity contribution in [1.29, 1.82) is 0 Å². The molecule has 1 heterocycles. The highest BCUT2D eigenvalue weighted by molar-refractivity contribution is 7.89. The molecule has 1 aliphatic heterocycles. The first-order valence-corrected chi connectivity index (χ1v) is 7.57. The zero-order valence-corrected chi connectivity index (χ0v) is 11.9. The van der Waals surface area contributed by atoms with Crippen LogP contribution in [-0.4, -0.2) is 33.3 Å². The van der Waals surface area contributed by atoms with Gasteiger partial charge in [0, 0.05) is 13.0 Å². The molecule has 21 heavy (non-hydrogen) atoms. The van der Waals surface area contributed by atoms with Crippen LogP contribution in [0.2, 0.25) is 5.02 Å². The van der Waals surface area contributed by atoms with Gasteiger partial charge in [-0.15, -0.1) is 0 Å².